The summed E-state index contributed by atoms with van der Waals surface area (Å²) in [6.45, 7) is 1.81. The number of aromatic nitrogens is 2. The zero-order valence-electron chi connectivity index (χ0n) is 9.90. The number of aryl methyl sites for hydroxylation is 1. The molecule has 2 aromatic rings. The van der Waals surface area contributed by atoms with Gasteiger partial charge in [-0.2, -0.15) is 18.3 Å². The molecule has 0 fully saturated rings. The first kappa shape index (κ1) is 13.1. The zero-order valence-corrected chi connectivity index (χ0v) is 9.90. The Morgan fingerprint density at radius 2 is 1.84 bits per heavy atom. The maximum Gasteiger partial charge on any atom is 0.434 e. The average molecular weight is 269 g/mol. The Morgan fingerprint density at radius 3 is 2.32 bits per heavy atom. The molecule has 0 unspecified atom stereocenters. The average Bonchev–Trinajstić information content (AvgIpc) is 2.74. The summed E-state index contributed by atoms with van der Waals surface area (Å²) in [7, 11) is 0. The quantitative estimate of drug-likeness (QED) is 0.909. The largest absolute Gasteiger partial charge is 0.434 e. The summed E-state index contributed by atoms with van der Waals surface area (Å²) < 4.78 is 39.7. The Morgan fingerprint density at radius 1 is 1.26 bits per heavy atom. The number of benzene rings is 1. The number of nitrogens with zero attached hydrogens (tertiary/aromatic N) is 2. The molecule has 0 aliphatic carbocycles. The van der Waals surface area contributed by atoms with E-state index in [1.165, 1.54) is 12.1 Å². The van der Waals surface area contributed by atoms with Gasteiger partial charge < -0.3 is 5.73 Å². The van der Waals surface area contributed by atoms with Crippen LogP contribution < -0.4 is 5.73 Å². The highest BCUT2D eigenvalue weighted by atomic mass is 19.4. The lowest BCUT2D eigenvalue weighted by molar-refractivity contribution is -0.143. The number of primary amides is 1. The molecule has 0 bridgehead atoms. The molecule has 0 spiro atoms. The second kappa shape index (κ2) is 4.42. The van der Waals surface area contributed by atoms with E-state index < -0.39 is 23.3 Å². The lowest BCUT2D eigenvalue weighted by Crippen LogP contribution is -2.20. The Hall–Kier alpha value is -2.31. The number of halogens is 3. The van der Waals surface area contributed by atoms with Crippen LogP contribution in [0.4, 0.5) is 13.2 Å². The number of carbonyl (C=O) groups excluding carboxylic acids is 1. The van der Waals surface area contributed by atoms with E-state index in [-0.39, 0.29) is 5.69 Å². The standard InChI is InChI=1S/C12H10F3N3O/c1-7-2-4-8(5-3-7)18-10(12(13,14)15)9(6-17-18)11(16)19/h2-6H,1H3,(H2,16,19). The predicted molar refractivity (Wildman–Crippen MR) is 61.8 cm³/mol. The van der Waals surface area contributed by atoms with E-state index in [1.807, 2.05) is 6.92 Å². The summed E-state index contributed by atoms with van der Waals surface area (Å²) in [4.78, 5) is 11.0. The molecule has 4 nitrogen and oxygen atoms in total. The van der Waals surface area contributed by atoms with Crippen molar-refractivity contribution in [2.45, 2.75) is 13.1 Å². The molecule has 100 valence electrons. The third-order valence-corrected chi connectivity index (χ3v) is 2.58. The molecular weight excluding hydrogens is 259 g/mol. The van der Waals surface area contributed by atoms with Gasteiger partial charge >= 0.3 is 6.18 Å². The van der Waals surface area contributed by atoms with Gasteiger partial charge in [0, 0.05) is 0 Å². The SMILES string of the molecule is Cc1ccc(-n2ncc(C(N)=O)c2C(F)(F)F)cc1. The first-order chi connectivity index (χ1) is 8.80. The third kappa shape index (κ3) is 2.44. The maximum absolute atomic E-state index is 13.0. The topological polar surface area (TPSA) is 60.9 Å². The minimum Gasteiger partial charge on any atom is -0.365 e. The van der Waals surface area contributed by atoms with Crippen molar-refractivity contribution in [1.29, 1.82) is 0 Å². The van der Waals surface area contributed by atoms with Crippen molar-refractivity contribution in [2.24, 2.45) is 5.73 Å². The van der Waals surface area contributed by atoms with E-state index in [0.717, 1.165) is 11.8 Å². The molecule has 0 aliphatic rings. The molecule has 1 heterocycles. The highest BCUT2D eigenvalue weighted by Crippen LogP contribution is 2.33. The molecule has 0 saturated heterocycles. The molecule has 1 aromatic heterocycles. The third-order valence-electron chi connectivity index (χ3n) is 2.58. The Kier molecular flexibility index (Phi) is 3.05. The van der Waals surface area contributed by atoms with E-state index in [9.17, 15) is 18.0 Å². The molecule has 0 atom stereocenters. The normalized spacial score (nSPS) is 11.6. The zero-order chi connectivity index (χ0) is 14.2. The van der Waals surface area contributed by atoms with E-state index in [1.54, 1.807) is 12.1 Å². The van der Waals surface area contributed by atoms with Gasteiger partial charge in [-0.3, -0.25) is 4.79 Å². The minimum absolute atomic E-state index is 0.213. The summed E-state index contributed by atoms with van der Waals surface area (Å²) in [5.74, 6) is -1.16. The highest BCUT2D eigenvalue weighted by molar-refractivity contribution is 5.94. The van der Waals surface area contributed by atoms with Gasteiger partial charge in [0.25, 0.3) is 5.91 Å². The van der Waals surface area contributed by atoms with Gasteiger partial charge in [0.1, 0.15) is 0 Å². The van der Waals surface area contributed by atoms with Crippen LogP contribution in [0.1, 0.15) is 21.6 Å². The van der Waals surface area contributed by atoms with Gasteiger partial charge in [0.2, 0.25) is 0 Å². The summed E-state index contributed by atoms with van der Waals surface area (Å²) in [5, 5.41) is 3.60. The van der Waals surface area contributed by atoms with Crippen LogP contribution in [-0.2, 0) is 6.18 Å². The molecular formula is C12H10F3N3O. The molecule has 1 amide bonds. The molecule has 1 aromatic carbocycles. The highest BCUT2D eigenvalue weighted by Gasteiger charge is 2.40. The van der Waals surface area contributed by atoms with Crippen molar-refractivity contribution in [1.82, 2.24) is 9.78 Å². The van der Waals surface area contributed by atoms with Crippen molar-refractivity contribution in [3.63, 3.8) is 0 Å². The molecule has 2 rings (SSSR count). The van der Waals surface area contributed by atoms with Gasteiger partial charge in [0.15, 0.2) is 5.69 Å². The smallest absolute Gasteiger partial charge is 0.365 e. The Balaban J connectivity index is 2.64. The van der Waals surface area contributed by atoms with E-state index in [4.69, 9.17) is 5.73 Å². The summed E-state index contributed by atoms with van der Waals surface area (Å²) >= 11 is 0. The van der Waals surface area contributed by atoms with Crippen molar-refractivity contribution in [3.05, 3.63) is 47.3 Å². The fraction of sp³-hybridized carbons (Fsp3) is 0.167. The van der Waals surface area contributed by atoms with Crippen molar-refractivity contribution in [2.75, 3.05) is 0 Å². The van der Waals surface area contributed by atoms with Crippen LogP contribution in [0.3, 0.4) is 0 Å². The van der Waals surface area contributed by atoms with Crippen molar-refractivity contribution < 1.29 is 18.0 Å². The van der Waals surface area contributed by atoms with Gasteiger partial charge in [-0.05, 0) is 19.1 Å². The Bertz CT molecular complexity index is 614. The second-order valence-corrected chi connectivity index (χ2v) is 4.02. The van der Waals surface area contributed by atoms with E-state index >= 15 is 0 Å². The van der Waals surface area contributed by atoms with Gasteiger partial charge in [-0.15, -0.1) is 0 Å². The predicted octanol–water partition coefficient (Wildman–Crippen LogP) is 2.30. The fourth-order valence-corrected chi connectivity index (χ4v) is 1.68. The van der Waals surface area contributed by atoms with E-state index in [2.05, 4.69) is 5.10 Å². The molecule has 7 heteroatoms. The van der Waals surface area contributed by atoms with Crippen LogP contribution in [0.5, 0.6) is 0 Å². The number of rotatable bonds is 2. The van der Waals surface area contributed by atoms with Crippen LogP contribution in [0, 0.1) is 6.92 Å². The lowest BCUT2D eigenvalue weighted by atomic mass is 10.2. The molecule has 2 N–H and O–H groups in total. The fourth-order valence-electron chi connectivity index (χ4n) is 1.68. The van der Waals surface area contributed by atoms with Gasteiger partial charge in [-0.25, -0.2) is 4.68 Å². The van der Waals surface area contributed by atoms with Crippen LogP contribution in [0.15, 0.2) is 30.5 Å². The molecule has 19 heavy (non-hydrogen) atoms. The first-order valence-corrected chi connectivity index (χ1v) is 5.33. The molecule has 0 saturated carbocycles. The summed E-state index contributed by atoms with van der Waals surface area (Å²) in [6, 6.07) is 6.28. The van der Waals surface area contributed by atoms with Crippen LogP contribution in [-0.4, -0.2) is 15.7 Å². The Labute approximate surface area is 106 Å². The number of carbonyl (C=O) groups is 1. The second-order valence-electron chi connectivity index (χ2n) is 4.02. The van der Waals surface area contributed by atoms with Crippen LogP contribution in [0.25, 0.3) is 5.69 Å². The molecule has 0 aliphatic heterocycles. The van der Waals surface area contributed by atoms with Gasteiger partial charge in [0.05, 0.1) is 17.4 Å². The number of hydrogen-bond donors (Lipinski definition) is 1. The minimum atomic E-state index is -4.72. The summed E-state index contributed by atoms with van der Waals surface area (Å²) in [5.41, 5.74) is 4.24. The number of nitrogens with two attached hydrogens (primary N) is 1. The number of amides is 1. The van der Waals surface area contributed by atoms with Crippen LogP contribution in [0.2, 0.25) is 0 Å². The lowest BCUT2D eigenvalue weighted by Gasteiger charge is -2.11. The maximum atomic E-state index is 13.0. The number of alkyl halides is 3. The van der Waals surface area contributed by atoms with E-state index in [0.29, 0.717) is 4.68 Å². The van der Waals surface area contributed by atoms with Crippen molar-refractivity contribution in [3.8, 4) is 5.69 Å². The summed E-state index contributed by atoms with van der Waals surface area (Å²) in [6.07, 6.45) is -3.89. The first-order valence-electron chi connectivity index (χ1n) is 5.33. The van der Waals surface area contributed by atoms with Crippen molar-refractivity contribution >= 4 is 5.91 Å². The van der Waals surface area contributed by atoms with Crippen LogP contribution >= 0.6 is 0 Å². The van der Waals surface area contributed by atoms with Gasteiger partial charge in [-0.1, -0.05) is 17.7 Å². The molecule has 0 radical (unpaired) electrons. The number of hydrogen-bond acceptors (Lipinski definition) is 2. The monoisotopic (exact) mass is 269 g/mol.